The molecular formula is C18H27ClN2O3S. The largest absolute Gasteiger partial charge is 0.353 e. The summed E-state index contributed by atoms with van der Waals surface area (Å²) in [5.41, 5.74) is 0.718. The van der Waals surface area contributed by atoms with Gasteiger partial charge in [-0.1, -0.05) is 37.6 Å². The Bertz CT molecular complexity index is 681. The van der Waals surface area contributed by atoms with Gasteiger partial charge in [-0.25, -0.2) is 12.7 Å². The molecule has 1 amide bonds. The molecule has 0 aliphatic carbocycles. The number of carbonyl (C=O) groups is 1. The van der Waals surface area contributed by atoms with Crippen molar-refractivity contribution in [3.63, 3.8) is 0 Å². The summed E-state index contributed by atoms with van der Waals surface area (Å²) < 4.78 is 26.6. The SMILES string of the molecule is CC(C)[C@@H](C)NC(=O)C1CCN(S(=O)(=O)Cc2ccc(Cl)cc2)CC1. The molecule has 0 spiro atoms. The number of nitrogens with one attached hydrogen (secondary N) is 1. The van der Waals surface area contributed by atoms with Crippen molar-refractivity contribution in [3.05, 3.63) is 34.9 Å². The van der Waals surface area contributed by atoms with Gasteiger partial charge in [0.25, 0.3) is 0 Å². The number of nitrogens with zero attached hydrogens (tertiary/aromatic N) is 1. The van der Waals surface area contributed by atoms with Crippen LogP contribution in [0.5, 0.6) is 0 Å². The van der Waals surface area contributed by atoms with E-state index in [1.54, 1.807) is 24.3 Å². The van der Waals surface area contributed by atoms with Crippen molar-refractivity contribution in [3.8, 4) is 0 Å². The third kappa shape index (κ3) is 5.69. The minimum atomic E-state index is -3.38. The third-order valence-electron chi connectivity index (χ3n) is 4.85. The van der Waals surface area contributed by atoms with Crippen molar-refractivity contribution in [2.24, 2.45) is 11.8 Å². The molecule has 0 radical (unpaired) electrons. The first-order valence-electron chi connectivity index (χ1n) is 8.71. The van der Waals surface area contributed by atoms with Gasteiger partial charge in [-0.2, -0.15) is 0 Å². The molecule has 1 saturated heterocycles. The summed E-state index contributed by atoms with van der Waals surface area (Å²) in [6, 6.07) is 6.97. The van der Waals surface area contributed by atoms with Crippen LogP contribution in [0.25, 0.3) is 0 Å². The maximum Gasteiger partial charge on any atom is 0.223 e. The number of amides is 1. The van der Waals surface area contributed by atoms with E-state index in [0.29, 0.717) is 36.9 Å². The quantitative estimate of drug-likeness (QED) is 0.817. The second-order valence-electron chi connectivity index (χ2n) is 7.10. The molecule has 1 N–H and O–H groups in total. The molecule has 7 heteroatoms. The number of benzene rings is 1. The van der Waals surface area contributed by atoms with Gasteiger partial charge in [0.15, 0.2) is 0 Å². The first-order valence-corrected chi connectivity index (χ1v) is 10.7. The van der Waals surface area contributed by atoms with Gasteiger partial charge in [0, 0.05) is 30.1 Å². The van der Waals surface area contributed by atoms with E-state index < -0.39 is 10.0 Å². The average Bonchev–Trinajstić information content (AvgIpc) is 2.56. The molecule has 1 heterocycles. The normalized spacial score (nSPS) is 18.3. The van der Waals surface area contributed by atoms with Crippen molar-refractivity contribution in [2.75, 3.05) is 13.1 Å². The monoisotopic (exact) mass is 386 g/mol. The van der Waals surface area contributed by atoms with Crippen LogP contribution >= 0.6 is 11.6 Å². The van der Waals surface area contributed by atoms with Crippen LogP contribution in [0.2, 0.25) is 5.02 Å². The van der Waals surface area contributed by atoms with E-state index in [2.05, 4.69) is 19.2 Å². The Hall–Kier alpha value is -1.11. The van der Waals surface area contributed by atoms with Crippen LogP contribution in [0.15, 0.2) is 24.3 Å². The summed E-state index contributed by atoms with van der Waals surface area (Å²) in [6.07, 6.45) is 1.13. The highest BCUT2D eigenvalue weighted by atomic mass is 35.5. The van der Waals surface area contributed by atoms with Gasteiger partial charge in [-0.3, -0.25) is 4.79 Å². The zero-order valence-corrected chi connectivity index (χ0v) is 16.6. The molecule has 1 aliphatic heterocycles. The van der Waals surface area contributed by atoms with Gasteiger partial charge in [0.2, 0.25) is 15.9 Å². The van der Waals surface area contributed by atoms with Crippen LogP contribution < -0.4 is 5.32 Å². The van der Waals surface area contributed by atoms with Crippen LogP contribution in [0, 0.1) is 11.8 Å². The summed E-state index contributed by atoms with van der Waals surface area (Å²) in [5, 5.41) is 3.61. The first-order chi connectivity index (χ1) is 11.7. The Labute approximate surface area is 155 Å². The molecule has 0 unspecified atom stereocenters. The van der Waals surface area contributed by atoms with Gasteiger partial charge in [-0.05, 0) is 43.4 Å². The minimum Gasteiger partial charge on any atom is -0.353 e. The highest BCUT2D eigenvalue weighted by molar-refractivity contribution is 7.88. The lowest BCUT2D eigenvalue weighted by Gasteiger charge is -2.31. The molecule has 1 atom stereocenters. The Balaban J connectivity index is 1.90. The van der Waals surface area contributed by atoms with Gasteiger partial charge in [-0.15, -0.1) is 0 Å². The summed E-state index contributed by atoms with van der Waals surface area (Å²) >= 11 is 5.83. The van der Waals surface area contributed by atoms with E-state index in [1.165, 1.54) is 4.31 Å². The lowest BCUT2D eigenvalue weighted by atomic mass is 9.96. The maximum atomic E-state index is 12.6. The molecule has 0 bridgehead atoms. The Morgan fingerprint density at radius 1 is 1.20 bits per heavy atom. The van der Waals surface area contributed by atoms with Gasteiger partial charge < -0.3 is 5.32 Å². The van der Waals surface area contributed by atoms with E-state index >= 15 is 0 Å². The molecular weight excluding hydrogens is 360 g/mol. The van der Waals surface area contributed by atoms with Gasteiger partial charge >= 0.3 is 0 Å². The fourth-order valence-corrected chi connectivity index (χ4v) is 4.48. The van der Waals surface area contributed by atoms with Crippen molar-refractivity contribution in [1.82, 2.24) is 9.62 Å². The Kier molecular flexibility index (Phi) is 6.88. The van der Waals surface area contributed by atoms with Crippen molar-refractivity contribution in [2.45, 2.75) is 45.4 Å². The summed E-state index contributed by atoms with van der Waals surface area (Å²) in [6.45, 7) is 6.91. The van der Waals surface area contributed by atoms with E-state index in [1.807, 2.05) is 6.92 Å². The number of piperidine rings is 1. The van der Waals surface area contributed by atoms with Gasteiger partial charge in [0.1, 0.15) is 0 Å². The molecule has 0 aromatic heterocycles. The van der Waals surface area contributed by atoms with E-state index in [4.69, 9.17) is 11.6 Å². The molecule has 0 saturated carbocycles. The predicted molar refractivity (Wildman–Crippen MR) is 101 cm³/mol. The van der Waals surface area contributed by atoms with Crippen LogP contribution in [-0.2, 0) is 20.6 Å². The smallest absolute Gasteiger partial charge is 0.223 e. The lowest BCUT2D eigenvalue weighted by molar-refractivity contribution is -0.127. The average molecular weight is 387 g/mol. The number of hydrogen-bond donors (Lipinski definition) is 1. The lowest BCUT2D eigenvalue weighted by Crippen LogP contribution is -2.46. The standard InChI is InChI=1S/C18H27ClN2O3S/c1-13(2)14(3)20-18(22)16-8-10-21(11-9-16)25(23,24)12-15-4-6-17(19)7-5-15/h4-7,13-14,16H,8-12H2,1-3H3,(H,20,22)/t14-/m1/s1. The molecule has 2 rings (SSSR count). The number of rotatable bonds is 6. The van der Waals surface area contributed by atoms with E-state index in [0.717, 1.165) is 5.56 Å². The Morgan fingerprint density at radius 3 is 2.28 bits per heavy atom. The predicted octanol–water partition coefficient (Wildman–Crippen LogP) is 3.04. The van der Waals surface area contributed by atoms with Gasteiger partial charge in [0.05, 0.1) is 5.75 Å². The van der Waals surface area contributed by atoms with Crippen molar-refractivity contribution < 1.29 is 13.2 Å². The Morgan fingerprint density at radius 2 is 1.76 bits per heavy atom. The first kappa shape index (κ1) is 20.2. The second kappa shape index (κ2) is 8.52. The van der Waals surface area contributed by atoms with Crippen LogP contribution in [0.4, 0.5) is 0 Å². The van der Waals surface area contributed by atoms with Crippen molar-refractivity contribution >= 4 is 27.5 Å². The summed E-state index contributed by atoms with van der Waals surface area (Å²) in [5.74, 6) is 0.272. The number of hydrogen-bond acceptors (Lipinski definition) is 3. The summed E-state index contributed by atoms with van der Waals surface area (Å²) in [7, 11) is -3.38. The topological polar surface area (TPSA) is 66.5 Å². The molecule has 140 valence electrons. The highest BCUT2D eigenvalue weighted by Crippen LogP contribution is 2.22. The van der Waals surface area contributed by atoms with Crippen LogP contribution in [0.3, 0.4) is 0 Å². The van der Waals surface area contributed by atoms with E-state index in [-0.39, 0.29) is 23.6 Å². The maximum absolute atomic E-state index is 12.6. The third-order valence-corrected chi connectivity index (χ3v) is 6.95. The number of halogens is 1. The minimum absolute atomic E-state index is 0.0363. The zero-order chi connectivity index (χ0) is 18.6. The summed E-state index contributed by atoms with van der Waals surface area (Å²) in [4.78, 5) is 12.3. The molecule has 1 aliphatic rings. The number of sulfonamides is 1. The molecule has 1 aromatic carbocycles. The molecule has 1 fully saturated rings. The van der Waals surface area contributed by atoms with Crippen molar-refractivity contribution in [1.29, 1.82) is 0 Å². The van der Waals surface area contributed by atoms with E-state index in [9.17, 15) is 13.2 Å². The molecule has 25 heavy (non-hydrogen) atoms. The fraction of sp³-hybridized carbons (Fsp3) is 0.611. The number of carbonyl (C=O) groups excluding carboxylic acids is 1. The van der Waals surface area contributed by atoms with Crippen LogP contribution in [0.1, 0.15) is 39.2 Å². The van der Waals surface area contributed by atoms with Crippen LogP contribution in [-0.4, -0.2) is 37.8 Å². The fourth-order valence-electron chi connectivity index (χ4n) is 2.79. The highest BCUT2D eigenvalue weighted by Gasteiger charge is 2.31. The molecule has 5 nitrogen and oxygen atoms in total. The zero-order valence-electron chi connectivity index (χ0n) is 15.0. The second-order valence-corrected chi connectivity index (χ2v) is 9.50. The molecule has 1 aromatic rings.